The topological polar surface area (TPSA) is 18.5 Å². The van der Waals surface area contributed by atoms with Crippen LogP contribution in [0.15, 0.2) is 36.4 Å². The normalized spacial score (nSPS) is 11.4. The highest BCUT2D eigenvalue weighted by Gasteiger charge is 2.18. The van der Waals surface area contributed by atoms with Gasteiger partial charge < -0.3 is 9.47 Å². The molecule has 0 bridgehead atoms. The fourth-order valence-electron chi connectivity index (χ4n) is 5.89. The Balaban J connectivity index is 1.57. The zero-order valence-electron chi connectivity index (χ0n) is 28.7. The lowest BCUT2D eigenvalue weighted by Gasteiger charge is -2.17. The first-order chi connectivity index (χ1) is 21.6. The quantitative estimate of drug-likeness (QED) is 0.0815. The van der Waals surface area contributed by atoms with Gasteiger partial charge in [0.2, 0.25) is 0 Å². The first-order valence-corrected chi connectivity index (χ1v) is 19.8. The van der Waals surface area contributed by atoms with Crippen LogP contribution in [0.25, 0.3) is 20.9 Å². The summed E-state index contributed by atoms with van der Waals surface area (Å²) in [6, 6.07) is 13.4. The molecule has 0 aliphatic heterocycles. The molecule has 0 aliphatic carbocycles. The van der Waals surface area contributed by atoms with Crippen molar-refractivity contribution in [3.8, 4) is 32.4 Å². The van der Waals surface area contributed by atoms with E-state index in [1.165, 1.54) is 146 Å². The van der Waals surface area contributed by atoms with E-state index in [0.29, 0.717) is 0 Å². The minimum atomic E-state index is 0.773. The Hall–Kier alpha value is -1.78. The molecule has 0 unspecified atom stereocenters. The van der Waals surface area contributed by atoms with Crippen LogP contribution in [0, 0.1) is 13.8 Å². The van der Waals surface area contributed by atoms with E-state index in [2.05, 4.69) is 64.1 Å². The van der Waals surface area contributed by atoms with Gasteiger partial charge in [-0.3, -0.25) is 0 Å². The molecule has 246 valence electrons. The second-order valence-corrected chi connectivity index (χ2v) is 15.3. The Bertz CT molecular complexity index is 1050. The average molecular weight is 639 g/mol. The lowest BCUT2D eigenvalue weighted by Crippen LogP contribution is -2.02. The molecule has 2 heterocycles. The number of benzene rings is 1. The molecule has 0 aliphatic rings. The molecule has 2 nitrogen and oxygen atoms in total. The maximum absolute atomic E-state index is 6.56. The van der Waals surface area contributed by atoms with E-state index in [0.717, 1.165) is 37.6 Å². The van der Waals surface area contributed by atoms with Gasteiger partial charge in [-0.1, -0.05) is 129 Å². The summed E-state index contributed by atoms with van der Waals surface area (Å²) in [5.74, 6) is 1.99. The summed E-state index contributed by atoms with van der Waals surface area (Å²) in [4.78, 5) is 5.18. The second-order valence-electron chi connectivity index (χ2n) is 12.7. The number of rotatable bonds is 26. The van der Waals surface area contributed by atoms with Crippen LogP contribution in [0.4, 0.5) is 0 Å². The fourth-order valence-corrected chi connectivity index (χ4v) is 7.66. The molecule has 3 aromatic rings. The van der Waals surface area contributed by atoms with Crippen molar-refractivity contribution in [1.29, 1.82) is 0 Å². The summed E-state index contributed by atoms with van der Waals surface area (Å²) in [6.45, 7) is 10.5. The smallest absolute Gasteiger partial charge is 0.128 e. The maximum atomic E-state index is 6.56. The molecule has 0 saturated heterocycles. The maximum Gasteiger partial charge on any atom is 0.128 e. The van der Waals surface area contributed by atoms with Crippen molar-refractivity contribution < 1.29 is 9.47 Å². The highest BCUT2D eigenvalue weighted by Crippen LogP contribution is 2.44. The minimum Gasteiger partial charge on any atom is -0.493 e. The number of hydrogen-bond donors (Lipinski definition) is 0. The number of aryl methyl sites for hydroxylation is 2. The van der Waals surface area contributed by atoms with Gasteiger partial charge in [-0.25, -0.2) is 0 Å². The molecule has 2 aromatic heterocycles. The number of unbranched alkanes of at least 4 members (excludes halogenated alkanes) is 18. The van der Waals surface area contributed by atoms with Crippen LogP contribution in [-0.4, -0.2) is 13.2 Å². The van der Waals surface area contributed by atoms with Gasteiger partial charge in [-0.05, 0) is 63.1 Å². The van der Waals surface area contributed by atoms with Crippen molar-refractivity contribution in [2.24, 2.45) is 0 Å². The van der Waals surface area contributed by atoms with E-state index in [4.69, 9.17) is 9.47 Å². The molecule has 0 saturated carbocycles. The second kappa shape index (κ2) is 22.7. The van der Waals surface area contributed by atoms with Gasteiger partial charge in [-0.2, -0.15) is 0 Å². The highest BCUT2D eigenvalue weighted by molar-refractivity contribution is 7.15. The van der Waals surface area contributed by atoms with Gasteiger partial charge in [0.15, 0.2) is 0 Å². The molecule has 0 N–H and O–H groups in total. The standard InChI is InChI=1S/C40H62O2S2/c1-5-7-9-11-13-15-17-19-21-23-29-41-37-31-36(40-28-26-34(4)44-40)38(32-35(37)39-27-25-33(3)43-39)42-30-24-22-20-18-16-14-12-10-8-6-2/h25-28,31-32H,5-24,29-30H2,1-4H3. The molecular formula is C40H62O2S2. The highest BCUT2D eigenvalue weighted by atomic mass is 32.1. The summed E-state index contributed by atoms with van der Waals surface area (Å²) < 4.78 is 13.1. The van der Waals surface area contributed by atoms with E-state index in [1.807, 2.05) is 22.7 Å². The van der Waals surface area contributed by atoms with Crippen LogP contribution in [0.2, 0.25) is 0 Å². The van der Waals surface area contributed by atoms with E-state index < -0.39 is 0 Å². The van der Waals surface area contributed by atoms with E-state index >= 15 is 0 Å². The molecule has 4 heteroatoms. The zero-order chi connectivity index (χ0) is 31.2. The van der Waals surface area contributed by atoms with Crippen LogP contribution >= 0.6 is 22.7 Å². The minimum absolute atomic E-state index is 0.773. The van der Waals surface area contributed by atoms with Crippen molar-refractivity contribution in [3.05, 3.63) is 46.2 Å². The Labute approximate surface area is 279 Å². The monoisotopic (exact) mass is 638 g/mol. The molecule has 0 fully saturated rings. The van der Waals surface area contributed by atoms with Crippen molar-refractivity contribution in [1.82, 2.24) is 0 Å². The molecule has 0 radical (unpaired) electrons. The van der Waals surface area contributed by atoms with Crippen molar-refractivity contribution in [3.63, 3.8) is 0 Å². The van der Waals surface area contributed by atoms with Crippen LogP contribution in [0.3, 0.4) is 0 Å². The summed E-state index contributed by atoms with van der Waals surface area (Å²) >= 11 is 3.68. The number of thiophene rings is 2. The van der Waals surface area contributed by atoms with Gasteiger partial charge in [0.25, 0.3) is 0 Å². The van der Waals surface area contributed by atoms with Crippen molar-refractivity contribution in [2.75, 3.05) is 13.2 Å². The Morgan fingerprint density at radius 1 is 0.432 bits per heavy atom. The van der Waals surface area contributed by atoms with Crippen LogP contribution < -0.4 is 9.47 Å². The van der Waals surface area contributed by atoms with Gasteiger partial charge in [0.1, 0.15) is 11.5 Å². The zero-order valence-corrected chi connectivity index (χ0v) is 30.3. The molecule has 44 heavy (non-hydrogen) atoms. The van der Waals surface area contributed by atoms with E-state index in [-0.39, 0.29) is 0 Å². The fraction of sp³-hybridized carbons (Fsp3) is 0.650. The number of ether oxygens (including phenoxy) is 2. The van der Waals surface area contributed by atoms with Gasteiger partial charge in [-0.15, -0.1) is 22.7 Å². The first-order valence-electron chi connectivity index (χ1n) is 18.2. The van der Waals surface area contributed by atoms with Crippen LogP contribution in [-0.2, 0) is 0 Å². The lowest BCUT2D eigenvalue weighted by molar-refractivity contribution is 0.298. The molecule has 0 atom stereocenters. The third-order valence-corrected chi connectivity index (χ3v) is 10.7. The Kier molecular flexibility index (Phi) is 18.9. The average Bonchev–Trinajstić information content (AvgIpc) is 3.66. The van der Waals surface area contributed by atoms with E-state index in [1.54, 1.807) is 0 Å². The lowest BCUT2D eigenvalue weighted by atomic mass is 10.1. The Morgan fingerprint density at radius 2 is 0.750 bits per heavy atom. The summed E-state index contributed by atoms with van der Waals surface area (Å²) in [5.41, 5.74) is 2.34. The number of hydrogen-bond acceptors (Lipinski definition) is 4. The summed E-state index contributed by atoms with van der Waals surface area (Å²) in [6.07, 6.45) is 26.7. The molecular weight excluding hydrogens is 577 g/mol. The summed E-state index contributed by atoms with van der Waals surface area (Å²) in [5, 5.41) is 0. The largest absolute Gasteiger partial charge is 0.493 e. The van der Waals surface area contributed by atoms with Crippen LogP contribution in [0.5, 0.6) is 11.5 Å². The molecule has 0 spiro atoms. The predicted molar refractivity (Wildman–Crippen MR) is 197 cm³/mol. The molecule has 3 rings (SSSR count). The van der Waals surface area contributed by atoms with Crippen LogP contribution in [0.1, 0.15) is 152 Å². The van der Waals surface area contributed by atoms with Gasteiger partial charge in [0.05, 0.1) is 13.2 Å². The Morgan fingerprint density at radius 3 is 1.05 bits per heavy atom. The van der Waals surface area contributed by atoms with Crippen molar-refractivity contribution in [2.45, 2.75) is 156 Å². The van der Waals surface area contributed by atoms with Gasteiger partial charge >= 0.3 is 0 Å². The first kappa shape index (κ1) is 36.7. The van der Waals surface area contributed by atoms with Crippen molar-refractivity contribution >= 4 is 22.7 Å². The third kappa shape index (κ3) is 14.1. The summed E-state index contributed by atoms with van der Waals surface area (Å²) in [7, 11) is 0. The molecule has 1 aromatic carbocycles. The molecule has 0 amide bonds. The third-order valence-electron chi connectivity index (χ3n) is 8.60. The van der Waals surface area contributed by atoms with Gasteiger partial charge in [0, 0.05) is 30.6 Å². The predicted octanol–water partition coefficient (Wildman–Crippen LogP) is 14.4. The SMILES string of the molecule is CCCCCCCCCCCCOc1cc(-c2ccc(C)s2)c(OCCCCCCCCCCCC)cc1-c1ccc(C)s1. The van der Waals surface area contributed by atoms with E-state index in [9.17, 15) is 0 Å².